The Hall–Kier alpha value is -1.50. The molecule has 1 heterocycles. The van der Waals surface area contributed by atoms with Crippen LogP contribution in [0.1, 0.15) is 6.92 Å². The zero-order valence-electron chi connectivity index (χ0n) is 9.57. The Balaban J connectivity index is 2.44. The minimum absolute atomic E-state index is 0.207. The second-order valence-electron chi connectivity index (χ2n) is 3.60. The van der Waals surface area contributed by atoms with Crippen LogP contribution in [0.25, 0.3) is 0 Å². The highest BCUT2D eigenvalue weighted by Gasteiger charge is 2.09. The van der Waals surface area contributed by atoms with Gasteiger partial charge in [-0.15, -0.1) is 0 Å². The number of aromatic nitrogens is 1. The maximum atomic E-state index is 12.6. The molecule has 7 heteroatoms. The first-order valence-corrected chi connectivity index (χ1v) is 6.69. The summed E-state index contributed by atoms with van der Waals surface area (Å²) in [5.74, 6) is 0.170. The van der Waals surface area contributed by atoms with Crippen LogP contribution in [0, 0.1) is 5.82 Å². The van der Waals surface area contributed by atoms with Crippen LogP contribution in [0.15, 0.2) is 18.3 Å². The van der Waals surface area contributed by atoms with Gasteiger partial charge in [0.15, 0.2) is 0 Å². The molecule has 17 heavy (non-hydrogen) atoms. The number of hydrogen-bond donors (Lipinski definition) is 2. The van der Waals surface area contributed by atoms with E-state index in [1.807, 2.05) is 0 Å². The van der Waals surface area contributed by atoms with Gasteiger partial charge in [-0.25, -0.2) is 14.2 Å². The monoisotopic (exact) mass is 259 g/mol. The predicted octanol–water partition coefficient (Wildman–Crippen LogP) is 1.11. The minimum Gasteiger partial charge on any atom is -0.334 e. The van der Waals surface area contributed by atoms with Gasteiger partial charge >= 0.3 is 6.03 Å². The molecule has 2 N–H and O–H groups in total. The van der Waals surface area contributed by atoms with Crippen LogP contribution in [-0.2, 0) is 10.8 Å². The SMILES string of the molecule is C[C@H](C[S@@](C)=O)NC(=O)Nc1ccc(F)cn1. The third-order valence-electron chi connectivity index (χ3n) is 1.83. The van der Waals surface area contributed by atoms with Crippen LogP contribution >= 0.6 is 0 Å². The highest BCUT2D eigenvalue weighted by Crippen LogP contribution is 2.03. The molecule has 0 bridgehead atoms. The number of anilines is 1. The Bertz CT molecular complexity index is 411. The Kier molecular flexibility index (Phi) is 5.02. The van der Waals surface area contributed by atoms with E-state index in [1.54, 1.807) is 13.2 Å². The first-order chi connectivity index (χ1) is 7.97. The number of nitrogens with one attached hydrogen (secondary N) is 2. The van der Waals surface area contributed by atoms with Crippen molar-refractivity contribution >= 4 is 22.6 Å². The molecule has 0 aliphatic heterocycles. The van der Waals surface area contributed by atoms with E-state index in [9.17, 15) is 13.4 Å². The second kappa shape index (κ2) is 6.29. The van der Waals surface area contributed by atoms with Crippen molar-refractivity contribution in [1.82, 2.24) is 10.3 Å². The predicted molar refractivity (Wildman–Crippen MR) is 64.7 cm³/mol. The quantitative estimate of drug-likeness (QED) is 0.851. The average molecular weight is 259 g/mol. The molecule has 0 saturated heterocycles. The smallest absolute Gasteiger partial charge is 0.320 e. The minimum atomic E-state index is -0.969. The fraction of sp³-hybridized carbons (Fsp3) is 0.400. The molecule has 2 amide bonds. The van der Waals surface area contributed by atoms with E-state index in [0.29, 0.717) is 5.75 Å². The van der Waals surface area contributed by atoms with Gasteiger partial charge in [0.1, 0.15) is 11.6 Å². The summed E-state index contributed by atoms with van der Waals surface area (Å²) in [6.07, 6.45) is 2.58. The van der Waals surface area contributed by atoms with Crippen LogP contribution in [0.4, 0.5) is 15.0 Å². The normalized spacial score (nSPS) is 13.8. The second-order valence-corrected chi connectivity index (χ2v) is 5.08. The van der Waals surface area contributed by atoms with Gasteiger partial charge in [-0.2, -0.15) is 0 Å². The number of hydrogen-bond acceptors (Lipinski definition) is 3. The van der Waals surface area contributed by atoms with Crippen molar-refractivity contribution in [1.29, 1.82) is 0 Å². The van der Waals surface area contributed by atoms with E-state index in [4.69, 9.17) is 0 Å². The molecule has 5 nitrogen and oxygen atoms in total. The number of nitrogens with zero attached hydrogens (tertiary/aromatic N) is 1. The van der Waals surface area contributed by atoms with Gasteiger partial charge in [-0.3, -0.25) is 9.53 Å². The summed E-state index contributed by atoms with van der Waals surface area (Å²) in [7, 11) is -0.969. The summed E-state index contributed by atoms with van der Waals surface area (Å²) in [4.78, 5) is 15.1. The van der Waals surface area contributed by atoms with Crippen molar-refractivity contribution in [2.24, 2.45) is 0 Å². The molecule has 0 spiro atoms. The largest absolute Gasteiger partial charge is 0.334 e. The average Bonchev–Trinajstić information content (AvgIpc) is 2.19. The fourth-order valence-corrected chi connectivity index (χ4v) is 2.01. The summed E-state index contributed by atoms with van der Waals surface area (Å²) >= 11 is 0. The first-order valence-electron chi connectivity index (χ1n) is 4.96. The Morgan fingerprint density at radius 2 is 2.29 bits per heavy atom. The van der Waals surface area contributed by atoms with Crippen LogP contribution in [0.3, 0.4) is 0 Å². The molecule has 1 rings (SSSR count). The van der Waals surface area contributed by atoms with E-state index in [0.717, 1.165) is 6.20 Å². The summed E-state index contributed by atoms with van der Waals surface area (Å²) in [6.45, 7) is 1.75. The number of rotatable bonds is 4. The van der Waals surface area contributed by atoms with E-state index in [-0.39, 0.29) is 11.9 Å². The van der Waals surface area contributed by atoms with Gasteiger partial charge in [-0.05, 0) is 19.1 Å². The maximum Gasteiger partial charge on any atom is 0.320 e. The lowest BCUT2D eigenvalue weighted by molar-refractivity contribution is 0.250. The molecule has 1 aromatic rings. The standard InChI is InChI=1S/C10H14FN3O2S/c1-7(6-17(2)16)13-10(15)14-9-4-3-8(11)5-12-9/h3-5,7H,6H2,1-2H3,(H2,12,13,14,15)/t7-,17-/m1/s1. The molecule has 0 aromatic carbocycles. The molecule has 0 unspecified atom stereocenters. The number of amides is 2. The Morgan fingerprint density at radius 1 is 1.59 bits per heavy atom. The lowest BCUT2D eigenvalue weighted by atomic mass is 10.4. The molecule has 0 fully saturated rings. The van der Waals surface area contributed by atoms with E-state index in [2.05, 4.69) is 15.6 Å². The maximum absolute atomic E-state index is 12.6. The van der Waals surface area contributed by atoms with E-state index >= 15 is 0 Å². The van der Waals surface area contributed by atoms with Crippen molar-refractivity contribution in [2.75, 3.05) is 17.3 Å². The van der Waals surface area contributed by atoms with Crippen molar-refractivity contribution in [3.63, 3.8) is 0 Å². The van der Waals surface area contributed by atoms with Gasteiger partial charge < -0.3 is 5.32 Å². The van der Waals surface area contributed by atoms with Gasteiger partial charge in [0.25, 0.3) is 0 Å². The summed E-state index contributed by atoms with van der Waals surface area (Å²) in [6, 6.07) is 1.90. The van der Waals surface area contributed by atoms with Crippen molar-refractivity contribution < 1.29 is 13.4 Å². The summed E-state index contributed by atoms with van der Waals surface area (Å²) in [5.41, 5.74) is 0. The fourth-order valence-electron chi connectivity index (χ4n) is 1.22. The van der Waals surface area contributed by atoms with Crippen LogP contribution in [0.2, 0.25) is 0 Å². The number of halogens is 1. The molecular weight excluding hydrogens is 245 g/mol. The zero-order valence-corrected chi connectivity index (χ0v) is 10.4. The number of carbonyl (C=O) groups is 1. The Morgan fingerprint density at radius 3 is 2.82 bits per heavy atom. The highest BCUT2D eigenvalue weighted by atomic mass is 32.2. The van der Waals surface area contributed by atoms with E-state index in [1.165, 1.54) is 12.1 Å². The molecule has 0 radical (unpaired) electrons. The van der Waals surface area contributed by atoms with Crippen LogP contribution in [-0.4, -0.2) is 33.3 Å². The zero-order chi connectivity index (χ0) is 12.8. The molecule has 0 saturated carbocycles. The molecule has 2 atom stereocenters. The van der Waals surface area contributed by atoms with Gasteiger partial charge in [-0.1, -0.05) is 0 Å². The summed E-state index contributed by atoms with van der Waals surface area (Å²) in [5, 5.41) is 5.04. The molecule has 94 valence electrons. The third-order valence-corrected chi connectivity index (χ3v) is 2.80. The molecular formula is C10H14FN3O2S. The van der Waals surface area contributed by atoms with Crippen molar-refractivity contribution in [3.8, 4) is 0 Å². The molecule has 0 aliphatic rings. The molecule has 1 aromatic heterocycles. The van der Waals surface area contributed by atoms with Crippen LogP contribution in [0.5, 0.6) is 0 Å². The van der Waals surface area contributed by atoms with Gasteiger partial charge in [0.05, 0.1) is 6.20 Å². The molecule has 0 aliphatic carbocycles. The van der Waals surface area contributed by atoms with Gasteiger partial charge in [0.2, 0.25) is 0 Å². The number of urea groups is 1. The third kappa shape index (κ3) is 5.39. The van der Waals surface area contributed by atoms with Gasteiger partial charge in [0, 0.05) is 28.9 Å². The number of pyridine rings is 1. The van der Waals surface area contributed by atoms with E-state index < -0.39 is 22.6 Å². The van der Waals surface area contributed by atoms with Crippen molar-refractivity contribution in [2.45, 2.75) is 13.0 Å². The highest BCUT2D eigenvalue weighted by molar-refractivity contribution is 7.84. The first kappa shape index (κ1) is 13.6. The number of carbonyl (C=O) groups excluding carboxylic acids is 1. The Labute approximate surface area is 101 Å². The summed E-state index contributed by atoms with van der Waals surface area (Å²) < 4.78 is 23.5. The van der Waals surface area contributed by atoms with Crippen molar-refractivity contribution in [3.05, 3.63) is 24.1 Å². The topological polar surface area (TPSA) is 71.1 Å². The van der Waals surface area contributed by atoms with Crippen LogP contribution < -0.4 is 10.6 Å². The lowest BCUT2D eigenvalue weighted by Crippen LogP contribution is -2.39. The lowest BCUT2D eigenvalue weighted by Gasteiger charge is -2.12.